The van der Waals surface area contributed by atoms with Crippen LogP contribution in [0, 0.1) is 5.92 Å². The van der Waals surface area contributed by atoms with Crippen LogP contribution < -0.4 is 10.6 Å². The van der Waals surface area contributed by atoms with Crippen molar-refractivity contribution in [1.29, 1.82) is 0 Å². The molecule has 2 atom stereocenters. The number of ether oxygens (including phenoxy) is 1. The maximum Gasteiger partial charge on any atom is 0.237 e. The van der Waals surface area contributed by atoms with Crippen LogP contribution in [0.5, 0.6) is 0 Å². The lowest BCUT2D eigenvalue weighted by Crippen LogP contribution is -2.44. The van der Waals surface area contributed by atoms with Crippen LogP contribution in [-0.4, -0.2) is 62.8 Å². The molecule has 0 aromatic rings. The summed E-state index contributed by atoms with van der Waals surface area (Å²) in [6.07, 6.45) is 2.12. The number of nitrogens with zero attached hydrogens (tertiary/aromatic N) is 1. The van der Waals surface area contributed by atoms with Gasteiger partial charge in [0.25, 0.3) is 0 Å². The Bertz CT molecular complexity index is 267. The van der Waals surface area contributed by atoms with Crippen LogP contribution in [0.25, 0.3) is 0 Å². The minimum atomic E-state index is 0.0217. The van der Waals surface area contributed by atoms with E-state index in [1.54, 1.807) is 0 Å². The molecule has 2 aliphatic rings. The van der Waals surface area contributed by atoms with Crippen molar-refractivity contribution < 1.29 is 9.53 Å². The quantitative estimate of drug-likeness (QED) is 0.669. The average Bonchev–Trinajstić information content (AvgIpc) is 2.82. The molecule has 0 saturated carbocycles. The SMILES string of the molecule is CC1CCNC1C(=O)NCCCN1CCOCC1. The van der Waals surface area contributed by atoms with Crippen molar-refractivity contribution >= 4 is 5.91 Å². The second-order valence-electron chi connectivity index (χ2n) is 5.30. The van der Waals surface area contributed by atoms with Gasteiger partial charge in [0.15, 0.2) is 0 Å². The molecule has 18 heavy (non-hydrogen) atoms. The van der Waals surface area contributed by atoms with Gasteiger partial charge in [0.1, 0.15) is 0 Å². The highest BCUT2D eigenvalue weighted by Crippen LogP contribution is 2.14. The smallest absolute Gasteiger partial charge is 0.237 e. The number of nitrogens with one attached hydrogen (secondary N) is 2. The Morgan fingerprint density at radius 3 is 2.89 bits per heavy atom. The third-order valence-electron chi connectivity index (χ3n) is 3.87. The second kappa shape index (κ2) is 7.07. The van der Waals surface area contributed by atoms with Gasteiger partial charge in [0, 0.05) is 19.6 Å². The maximum absolute atomic E-state index is 11.9. The van der Waals surface area contributed by atoms with Crippen LogP contribution in [-0.2, 0) is 9.53 Å². The van der Waals surface area contributed by atoms with Crippen LogP contribution in [0.4, 0.5) is 0 Å². The van der Waals surface area contributed by atoms with Crippen molar-refractivity contribution in [2.45, 2.75) is 25.8 Å². The lowest BCUT2D eigenvalue weighted by molar-refractivity contribution is -0.123. The molecule has 0 aromatic carbocycles. The summed E-state index contributed by atoms with van der Waals surface area (Å²) >= 11 is 0. The molecule has 0 aromatic heterocycles. The Hall–Kier alpha value is -0.650. The predicted molar refractivity (Wildman–Crippen MR) is 70.5 cm³/mol. The summed E-state index contributed by atoms with van der Waals surface area (Å²) in [5.41, 5.74) is 0. The number of carbonyl (C=O) groups is 1. The van der Waals surface area contributed by atoms with Crippen LogP contribution in [0.3, 0.4) is 0 Å². The first-order valence-corrected chi connectivity index (χ1v) is 7.08. The van der Waals surface area contributed by atoms with E-state index < -0.39 is 0 Å². The molecular formula is C13H25N3O2. The molecule has 5 heteroatoms. The van der Waals surface area contributed by atoms with Gasteiger partial charge in [-0.3, -0.25) is 9.69 Å². The van der Waals surface area contributed by atoms with E-state index in [0.717, 1.165) is 58.8 Å². The number of rotatable bonds is 5. The fraction of sp³-hybridized carbons (Fsp3) is 0.923. The van der Waals surface area contributed by atoms with Gasteiger partial charge >= 0.3 is 0 Å². The van der Waals surface area contributed by atoms with E-state index in [2.05, 4.69) is 22.5 Å². The van der Waals surface area contributed by atoms with Crippen molar-refractivity contribution in [3.05, 3.63) is 0 Å². The van der Waals surface area contributed by atoms with Crippen molar-refractivity contribution in [1.82, 2.24) is 15.5 Å². The summed E-state index contributed by atoms with van der Waals surface area (Å²) in [4.78, 5) is 14.3. The van der Waals surface area contributed by atoms with Gasteiger partial charge in [-0.15, -0.1) is 0 Å². The van der Waals surface area contributed by atoms with E-state index in [1.807, 2.05) is 0 Å². The largest absolute Gasteiger partial charge is 0.379 e. The van der Waals surface area contributed by atoms with Gasteiger partial charge < -0.3 is 15.4 Å². The van der Waals surface area contributed by atoms with E-state index in [-0.39, 0.29) is 11.9 Å². The Morgan fingerprint density at radius 1 is 1.44 bits per heavy atom. The molecule has 0 aliphatic carbocycles. The monoisotopic (exact) mass is 255 g/mol. The van der Waals surface area contributed by atoms with Gasteiger partial charge in [0.05, 0.1) is 19.3 Å². The minimum Gasteiger partial charge on any atom is -0.379 e. The maximum atomic E-state index is 11.9. The number of morpholine rings is 1. The summed E-state index contributed by atoms with van der Waals surface area (Å²) < 4.78 is 5.30. The summed E-state index contributed by atoms with van der Waals surface area (Å²) in [6, 6.07) is 0.0217. The number of hydrogen-bond donors (Lipinski definition) is 2. The van der Waals surface area contributed by atoms with Crippen LogP contribution in [0.15, 0.2) is 0 Å². The fourth-order valence-electron chi connectivity index (χ4n) is 2.63. The first kappa shape index (κ1) is 13.8. The van der Waals surface area contributed by atoms with Crippen molar-refractivity contribution in [2.75, 3.05) is 45.9 Å². The van der Waals surface area contributed by atoms with E-state index >= 15 is 0 Å². The molecule has 2 heterocycles. The highest BCUT2D eigenvalue weighted by Gasteiger charge is 2.28. The van der Waals surface area contributed by atoms with Crippen LogP contribution in [0.1, 0.15) is 19.8 Å². The summed E-state index contributed by atoms with van der Waals surface area (Å²) in [5.74, 6) is 0.631. The highest BCUT2D eigenvalue weighted by atomic mass is 16.5. The standard InChI is InChI=1S/C13H25N3O2/c1-11-3-5-14-12(11)13(17)15-4-2-6-16-7-9-18-10-8-16/h11-12,14H,2-10H2,1H3,(H,15,17). The molecule has 0 radical (unpaired) electrons. The third-order valence-corrected chi connectivity index (χ3v) is 3.87. The van der Waals surface area contributed by atoms with Crippen molar-refractivity contribution in [3.8, 4) is 0 Å². The minimum absolute atomic E-state index is 0.0217. The first-order chi connectivity index (χ1) is 8.77. The van der Waals surface area contributed by atoms with E-state index in [1.165, 1.54) is 0 Å². The summed E-state index contributed by atoms with van der Waals surface area (Å²) in [5, 5.41) is 6.29. The van der Waals surface area contributed by atoms with Gasteiger partial charge in [-0.2, -0.15) is 0 Å². The Kier molecular flexibility index (Phi) is 5.41. The van der Waals surface area contributed by atoms with Crippen LogP contribution >= 0.6 is 0 Å². The predicted octanol–water partition coefficient (Wildman–Crippen LogP) is -0.177. The molecular weight excluding hydrogens is 230 g/mol. The number of carbonyl (C=O) groups excluding carboxylic acids is 1. The molecule has 1 amide bonds. The molecule has 5 nitrogen and oxygen atoms in total. The van der Waals surface area contributed by atoms with Gasteiger partial charge in [-0.25, -0.2) is 0 Å². The molecule has 2 aliphatic heterocycles. The molecule has 2 fully saturated rings. The topological polar surface area (TPSA) is 53.6 Å². The van der Waals surface area contributed by atoms with E-state index in [0.29, 0.717) is 5.92 Å². The third kappa shape index (κ3) is 3.93. The Morgan fingerprint density at radius 2 is 2.22 bits per heavy atom. The Balaban J connectivity index is 1.56. The van der Waals surface area contributed by atoms with E-state index in [9.17, 15) is 4.79 Å². The van der Waals surface area contributed by atoms with Crippen molar-refractivity contribution in [3.63, 3.8) is 0 Å². The molecule has 2 N–H and O–H groups in total. The normalized spacial score (nSPS) is 29.4. The molecule has 2 saturated heterocycles. The summed E-state index contributed by atoms with van der Waals surface area (Å²) in [7, 11) is 0. The van der Waals surface area contributed by atoms with E-state index in [4.69, 9.17) is 4.74 Å². The zero-order valence-corrected chi connectivity index (χ0v) is 11.3. The molecule has 104 valence electrons. The Labute approximate surface area is 109 Å². The zero-order valence-electron chi connectivity index (χ0n) is 11.3. The molecule has 2 rings (SSSR count). The first-order valence-electron chi connectivity index (χ1n) is 7.08. The highest BCUT2D eigenvalue weighted by molar-refractivity contribution is 5.82. The number of hydrogen-bond acceptors (Lipinski definition) is 4. The molecule has 0 spiro atoms. The molecule has 2 unspecified atom stereocenters. The fourth-order valence-corrected chi connectivity index (χ4v) is 2.63. The number of amides is 1. The average molecular weight is 255 g/mol. The van der Waals surface area contributed by atoms with Gasteiger partial charge in [0.2, 0.25) is 5.91 Å². The second-order valence-corrected chi connectivity index (χ2v) is 5.30. The van der Waals surface area contributed by atoms with Gasteiger partial charge in [-0.05, 0) is 31.8 Å². The summed E-state index contributed by atoms with van der Waals surface area (Å²) in [6.45, 7) is 8.67. The lowest BCUT2D eigenvalue weighted by atomic mass is 10.0. The zero-order chi connectivity index (χ0) is 12.8. The van der Waals surface area contributed by atoms with Crippen molar-refractivity contribution in [2.24, 2.45) is 5.92 Å². The molecule has 0 bridgehead atoms. The lowest BCUT2D eigenvalue weighted by Gasteiger charge is -2.26. The van der Waals surface area contributed by atoms with Crippen LogP contribution in [0.2, 0.25) is 0 Å². The van der Waals surface area contributed by atoms with Gasteiger partial charge in [-0.1, -0.05) is 6.92 Å².